The van der Waals surface area contributed by atoms with Crippen molar-refractivity contribution in [1.82, 2.24) is 9.97 Å². The van der Waals surface area contributed by atoms with Crippen LogP contribution in [0.25, 0.3) is 0 Å². The molecule has 2 aromatic rings. The number of nitrogens with one attached hydrogen (secondary N) is 1. The van der Waals surface area contributed by atoms with E-state index >= 15 is 0 Å². The number of hydrogen-bond acceptors (Lipinski definition) is 5. The van der Waals surface area contributed by atoms with E-state index in [0.717, 1.165) is 11.4 Å². The van der Waals surface area contributed by atoms with Gasteiger partial charge in [-0.05, 0) is 24.3 Å². The van der Waals surface area contributed by atoms with Gasteiger partial charge in [-0.25, -0.2) is 4.98 Å². The van der Waals surface area contributed by atoms with E-state index in [2.05, 4.69) is 15.3 Å². The van der Waals surface area contributed by atoms with Crippen molar-refractivity contribution in [3.63, 3.8) is 0 Å². The SMILES string of the molecule is COCCOc1ncccc1NCc1ccccn1. The smallest absolute Gasteiger partial charge is 0.237 e. The first-order valence-electron chi connectivity index (χ1n) is 6.10. The van der Waals surface area contributed by atoms with Crippen LogP contribution in [-0.4, -0.2) is 30.3 Å². The largest absolute Gasteiger partial charge is 0.474 e. The Morgan fingerprint density at radius 1 is 1.05 bits per heavy atom. The van der Waals surface area contributed by atoms with Gasteiger partial charge in [-0.1, -0.05) is 6.07 Å². The topological polar surface area (TPSA) is 56.3 Å². The van der Waals surface area contributed by atoms with Crippen LogP contribution in [0.1, 0.15) is 5.69 Å². The standard InChI is InChI=1S/C14H17N3O2/c1-18-9-10-19-14-13(6-4-8-16-14)17-11-12-5-2-3-7-15-12/h2-8,17H,9-11H2,1H3. The number of pyridine rings is 2. The average molecular weight is 259 g/mol. The maximum Gasteiger partial charge on any atom is 0.237 e. The molecule has 0 aliphatic carbocycles. The van der Waals surface area contributed by atoms with E-state index in [4.69, 9.17) is 9.47 Å². The Bertz CT molecular complexity index is 491. The summed E-state index contributed by atoms with van der Waals surface area (Å²) in [7, 11) is 1.64. The van der Waals surface area contributed by atoms with Crippen molar-refractivity contribution in [3.05, 3.63) is 48.4 Å². The third-order valence-electron chi connectivity index (χ3n) is 2.48. The van der Waals surface area contributed by atoms with Crippen molar-refractivity contribution in [3.8, 4) is 5.88 Å². The molecule has 2 aromatic heterocycles. The Morgan fingerprint density at radius 2 is 1.95 bits per heavy atom. The minimum atomic E-state index is 0.478. The van der Waals surface area contributed by atoms with Gasteiger partial charge in [-0.3, -0.25) is 4.98 Å². The van der Waals surface area contributed by atoms with Crippen molar-refractivity contribution in [2.75, 3.05) is 25.6 Å². The Morgan fingerprint density at radius 3 is 2.74 bits per heavy atom. The van der Waals surface area contributed by atoms with E-state index in [1.807, 2.05) is 30.3 Å². The summed E-state index contributed by atoms with van der Waals surface area (Å²) in [6.45, 7) is 1.65. The predicted molar refractivity (Wildman–Crippen MR) is 73.2 cm³/mol. The van der Waals surface area contributed by atoms with E-state index in [1.165, 1.54) is 0 Å². The third-order valence-corrected chi connectivity index (χ3v) is 2.48. The molecule has 0 bridgehead atoms. The number of hydrogen-bond donors (Lipinski definition) is 1. The lowest BCUT2D eigenvalue weighted by atomic mass is 10.3. The van der Waals surface area contributed by atoms with Gasteiger partial charge in [0, 0.05) is 19.5 Å². The fraction of sp³-hybridized carbons (Fsp3) is 0.286. The summed E-state index contributed by atoms with van der Waals surface area (Å²) >= 11 is 0. The molecule has 0 aliphatic heterocycles. The molecular formula is C14H17N3O2. The molecule has 5 nitrogen and oxygen atoms in total. The van der Waals surface area contributed by atoms with E-state index < -0.39 is 0 Å². The number of aromatic nitrogens is 2. The number of rotatable bonds is 7. The Balaban J connectivity index is 1.95. The minimum Gasteiger partial charge on any atom is -0.474 e. The summed E-state index contributed by atoms with van der Waals surface area (Å²) in [6, 6.07) is 9.62. The van der Waals surface area contributed by atoms with Crippen molar-refractivity contribution in [2.24, 2.45) is 0 Å². The number of nitrogens with zero attached hydrogens (tertiary/aromatic N) is 2. The van der Waals surface area contributed by atoms with Crippen LogP contribution in [-0.2, 0) is 11.3 Å². The van der Waals surface area contributed by atoms with Crippen LogP contribution in [0.4, 0.5) is 5.69 Å². The monoisotopic (exact) mass is 259 g/mol. The molecule has 0 atom stereocenters. The molecular weight excluding hydrogens is 242 g/mol. The highest BCUT2D eigenvalue weighted by Crippen LogP contribution is 2.20. The van der Waals surface area contributed by atoms with Crippen molar-refractivity contribution >= 4 is 5.69 Å². The van der Waals surface area contributed by atoms with Crippen molar-refractivity contribution < 1.29 is 9.47 Å². The van der Waals surface area contributed by atoms with Gasteiger partial charge in [0.25, 0.3) is 0 Å². The summed E-state index contributed by atoms with van der Waals surface area (Å²) in [6.07, 6.45) is 3.48. The van der Waals surface area contributed by atoms with Gasteiger partial charge in [-0.15, -0.1) is 0 Å². The van der Waals surface area contributed by atoms with Gasteiger partial charge < -0.3 is 14.8 Å². The molecule has 19 heavy (non-hydrogen) atoms. The normalized spacial score (nSPS) is 10.2. The lowest BCUT2D eigenvalue weighted by Gasteiger charge is -2.11. The second-order valence-corrected chi connectivity index (χ2v) is 3.87. The van der Waals surface area contributed by atoms with Gasteiger partial charge in [0.1, 0.15) is 6.61 Å². The molecule has 1 N–H and O–H groups in total. The van der Waals surface area contributed by atoms with Crippen LogP contribution in [0.3, 0.4) is 0 Å². The van der Waals surface area contributed by atoms with E-state index in [-0.39, 0.29) is 0 Å². The molecule has 0 amide bonds. The van der Waals surface area contributed by atoms with Crippen LogP contribution in [0, 0.1) is 0 Å². The lowest BCUT2D eigenvalue weighted by Crippen LogP contribution is -2.08. The van der Waals surface area contributed by atoms with Crippen LogP contribution in [0.5, 0.6) is 5.88 Å². The van der Waals surface area contributed by atoms with Crippen LogP contribution in [0.15, 0.2) is 42.7 Å². The second kappa shape index (κ2) is 7.33. The molecule has 5 heteroatoms. The molecule has 100 valence electrons. The Labute approximate surface area is 112 Å². The highest BCUT2D eigenvalue weighted by Gasteiger charge is 2.04. The summed E-state index contributed by atoms with van der Waals surface area (Å²) in [5, 5.41) is 3.27. The summed E-state index contributed by atoms with van der Waals surface area (Å²) < 4.78 is 10.5. The predicted octanol–water partition coefficient (Wildman–Crippen LogP) is 2.11. The first-order chi connectivity index (χ1) is 9.40. The molecule has 0 radical (unpaired) electrons. The fourth-order valence-corrected chi connectivity index (χ4v) is 1.55. The third kappa shape index (κ3) is 4.22. The maximum absolute atomic E-state index is 5.55. The zero-order chi connectivity index (χ0) is 13.3. The molecule has 0 saturated heterocycles. The zero-order valence-corrected chi connectivity index (χ0v) is 10.9. The molecule has 0 aliphatic rings. The molecule has 0 aromatic carbocycles. The summed E-state index contributed by atoms with van der Waals surface area (Å²) in [5.74, 6) is 0.579. The second-order valence-electron chi connectivity index (χ2n) is 3.87. The number of anilines is 1. The van der Waals surface area contributed by atoms with Gasteiger partial charge in [0.15, 0.2) is 0 Å². The molecule has 2 rings (SSSR count). The summed E-state index contributed by atoms with van der Waals surface area (Å²) in [5.41, 5.74) is 1.82. The van der Waals surface area contributed by atoms with Crippen LogP contribution in [0.2, 0.25) is 0 Å². The van der Waals surface area contributed by atoms with Crippen molar-refractivity contribution in [1.29, 1.82) is 0 Å². The van der Waals surface area contributed by atoms with Crippen LogP contribution >= 0.6 is 0 Å². The van der Waals surface area contributed by atoms with Gasteiger partial charge >= 0.3 is 0 Å². The molecule has 0 saturated carbocycles. The lowest BCUT2D eigenvalue weighted by molar-refractivity contribution is 0.144. The van der Waals surface area contributed by atoms with E-state index in [0.29, 0.717) is 25.6 Å². The quantitative estimate of drug-likeness (QED) is 0.772. The Kier molecular flexibility index (Phi) is 5.13. The molecule has 0 spiro atoms. The highest BCUT2D eigenvalue weighted by molar-refractivity contribution is 5.52. The summed E-state index contributed by atoms with van der Waals surface area (Å²) in [4.78, 5) is 8.46. The van der Waals surface area contributed by atoms with Gasteiger partial charge in [-0.2, -0.15) is 0 Å². The molecule has 0 unspecified atom stereocenters. The van der Waals surface area contributed by atoms with Crippen molar-refractivity contribution in [2.45, 2.75) is 6.54 Å². The fourth-order valence-electron chi connectivity index (χ4n) is 1.55. The number of ether oxygens (including phenoxy) is 2. The average Bonchev–Trinajstić information content (AvgIpc) is 2.48. The minimum absolute atomic E-state index is 0.478. The molecule has 2 heterocycles. The Hall–Kier alpha value is -2.14. The van der Waals surface area contributed by atoms with E-state index in [9.17, 15) is 0 Å². The van der Waals surface area contributed by atoms with Gasteiger partial charge in [0.2, 0.25) is 5.88 Å². The number of methoxy groups -OCH3 is 1. The maximum atomic E-state index is 5.55. The van der Waals surface area contributed by atoms with E-state index in [1.54, 1.807) is 19.5 Å². The highest BCUT2D eigenvalue weighted by atomic mass is 16.5. The first-order valence-corrected chi connectivity index (χ1v) is 6.10. The first kappa shape index (κ1) is 13.3. The van der Waals surface area contributed by atoms with Gasteiger partial charge in [0.05, 0.1) is 24.5 Å². The zero-order valence-electron chi connectivity index (χ0n) is 10.9. The van der Waals surface area contributed by atoms with Crippen LogP contribution < -0.4 is 10.1 Å². The molecule has 0 fully saturated rings.